The second-order valence-electron chi connectivity index (χ2n) is 3.18. The van der Waals surface area contributed by atoms with E-state index >= 15 is 0 Å². The Morgan fingerprint density at radius 3 is 2.71 bits per heavy atom. The fraction of sp³-hybridized carbons (Fsp3) is 0.400. The molecule has 0 bridgehead atoms. The Bertz CT molecular complexity index is 350. The van der Waals surface area contributed by atoms with Gasteiger partial charge < -0.3 is 10.0 Å². The van der Waals surface area contributed by atoms with Crippen LogP contribution in [-0.4, -0.2) is 29.7 Å². The minimum Gasteiger partial charge on any atom is -0.478 e. The number of pyridine rings is 1. The van der Waals surface area contributed by atoms with Crippen molar-refractivity contribution >= 4 is 11.8 Å². The fourth-order valence-corrected chi connectivity index (χ4v) is 1.14. The van der Waals surface area contributed by atoms with Gasteiger partial charge in [0.1, 0.15) is 5.82 Å². The second-order valence-corrected chi connectivity index (χ2v) is 3.18. The molecule has 1 aromatic rings. The first-order chi connectivity index (χ1) is 6.56. The van der Waals surface area contributed by atoms with E-state index in [0.717, 1.165) is 17.9 Å². The van der Waals surface area contributed by atoms with Gasteiger partial charge in [-0.2, -0.15) is 0 Å². The van der Waals surface area contributed by atoms with E-state index in [0.29, 0.717) is 0 Å². The largest absolute Gasteiger partial charge is 0.478 e. The van der Waals surface area contributed by atoms with Gasteiger partial charge >= 0.3 is 5.97 Å². The lowest BCUT2D eigenvalue weighted by molar-refractivity contribution is 0.0695. The zero-order valence-corrected chi connectivity index (χ0v) is 8.61. The molecule has 1 aromatic heterocycles. The number of hydrogen-bond donors (Lipinski definition) is 1. The average molecular weight is 194 g/mol. The van der Waals surface area contributed by atoms with Crippen molar-refractivity contribution in [2.45, 2.75) is 13.8 Å². The topological polar surface area (TPSA) is 53.4 Å². The quantitative estimate of drug-likeness (QED) is 0.793. The third-order valence-electron chi connectivity index (χ3n) is 2.19. The van der Waals surface area contributed by atoms with Gasteiger partial charge in [0.05, 0.1) is 5.56 Å². The third-order valence-corrected chi connectivity index (χ3v) is 2.19. The molecule has 0 unspecified atom stereocenters. The van der Waals surface area contributed by atoms with Crippen LogP contribution in [0.3, 0.4) is 0 Å². The molecular weight excluding hydrogens is 180 g/mol. The highest BCUT2D eigenvalue weighted by atomic mass is 16.4. The van der Waals surface area contributed by atoms with Gasteiger partial charge in [0.15, 0.2) is 0 Å². The molecular formula is C10H14N2O2. The summed E-state index contributed by atoms with van der Waals surface area (Å²) in [7, 11) is 1.92. The highest BCUT2D eigenvalue weighted by Crippen LogP contribution is 2.14. The fourth-order valence-electron chi connectivity index (χ4n) is 1.14. The lowest BCUT2D eigenvalue weighted by Gasteiger charge is -2.16. The first-order valence-corrected chi connectivity index (χ1v) is 4.47. The van der Waals surface area contributed by atoms with E-state index in [1.165, 1.54) is 6.20 Å². The molecule has 0 aliphatic carbocycles. The molecule has 1 N–H and O–H groups in total. The maximum absolute atomic E-state index is 10.7. The van der Waals surface area contributed by atoms with E-state index in [1.54, 1.807) is 13.0 Å². The summed E-state index contributed by atoms with van der Waals surface area (Å²) in [5.41, 5.74) is 1.00. The Morgan fingerprint density at radius 2 is 2.29 bits per heavy atom. The Labute approximate surface area is 83.2 Å². The third kappa shape index (κ3) is 2.02. The zero-order valence-electron chi connectivity index (χ0n) is 8.61. The van der Waals surface area contributed by atoms with Crippen LogP contribution in [0.5, 0.6) is 0 Å². The summed E-state index contributed by atoms with van der Waals surface area (Å²) in [5, 5.41) is 8.80. The van der Waals surface area contributed by atoms with Crippen LogP contribution in [0.4, 0.5) is 5.82 Å². The van der Waals surface area contributed by atoms with Gasteiger partial charge in [-0.15, -0.1) is 0 Å². The SMILES string of the molecule is CCN(C)c1cc(C)c(C(=O)O)cn1. The Kier molecular flexibility index (Phi) is 3.06. The number of carboxylic acid groups (broad SMARTS) is 1. The smallest absolute Gasteiger partial charge is 0.337 e. The average Bonchev–Trinajstić information content (AvgIpc) is 2.15. The summed E-state index contributed by atoms with van der Waals surface area (Å²) >= 11 is 0. The minimum atomic E-state index is -0.930. The number of aryl methyl sites for hydroxylation is 1. The van der Waals surface area contributed by atoms with Crippen molar-refractivity contribution in [1.82, 2.24) is 4.98 Å². The van der Waals surface area contributed by atoms with E-state index in [2.05, 4.69) is 4.98 Å². The molecule has 0 spiro atoms. The molecule has 0 saturated carbocycles. The van der Waals surface area contributed by atoms with Crippen molar-refractivity contribution in [2.24, 2.45) is 0 Å². The molecule has 1 rings (SSSR count). The van der Waals surface area contributed by atoms with E-state index in [1.807, 2.05) is 18.9 Å². The maximum atomic E-state index is 10.7. The van der Waals surface area contributed by atoms with Crippen LogP contribution in [0.2, 0.25) is 0 Å². The van der Waals surface area contributed by atoms with Gasteiger partial charge in [0, 0.05) is 19.8 Å². The zero-order chi connectivity index (χ0) is 10.7. The van der Waals surface area contributed by atoms with Crippen LogP contribution < -0.4 is 4.90 Å². The second kappa shape index (κ2) is 4.09. The standard InChI is InChI=1S/C10H14N2O2/c1-4-12(3)9-5-7(2)8(6-11-9)10(13)14/h5-6H,4H2,1-3H3,(H,13,14). The lowest BCUT2D eigenvalue weighted by Crippen LogP contribution is -2.17. The molecule has 0 aliphatic rings. The molecule has 0 atom stereocenters. The highest BCUT2D eigenvalue weighted by Gasteiger charge is 2.09. The summed E-state index contributed by atoms with van der Waals surface area (Å²) in [5.74, 6) is -0.129. The lowest BCUT2D eigenvalue weighted by atomic mass is 10.1. The maximum Gasteiger partial charge on any atom is 0.337 e. The molecule has 0 radical (unpaired) electrons. The van der Waals surface area contributed by atoms with Crippen molar-refractivity contribution in [3.05, 3.63) is 23.4 Å². The van der Waals surface area contributed by atoms with Crippen LogP contribution in [0.25, 0.3) is 0 Å². The molecule has 0 fully saturated rings. The summed E-state index contributed by atoms with van der Waals surface area (Å²) < 4.78 is 0. The monoisotopic (exact) mass is 194 g/mol. The van der Waals surface area contributed by atoms with E-state index < -0.39 is 5.97 Å². The van der Waals surface area contributed by atoms with Crippen LogP contribution >= 0.6 is 0 Å². The number of hydrogen-bond acceptors (Lipinski definition) is 3. The van der Waals surface area contributed by atoms with Gasteiger partial charge in [-0.1, -0.05) is 0 Å². The summed E-state index contributed by atoms with van der Waals surface area (Å²) in [4.78, 5) is 16.8. The number of nitrogens with zero attached hydrogens (tertiary/aromatic N) is 2. The van der Waals surface area contributed by atoms with Crippen molar-refractivity contribution in [1.29, 1.82) is 0 Å². The van der Waals surface area contributed by atoms with Crippen molar-refractivity contribution in [2.75, 3.05) is 18.5 Å². The predicted octanol–water partition coefficient (Wildman–Crippen LogP) is 1.54. The predicted molar refractivity (Wildman–Crippen MR) is 54.9 cm³/mol. The Hall–Kier alpha value is -1.58. The first kappa shape index (κ1) is 10.5. The molecule has 4 nitrogen and oxygen atoms in total. The van der Waals surface area contributed by atoms with E-state index in [4.69, 9.17) is 5.11 Å². The Morgan fingerprint density at radius 1 is 1.64 bits per heavy atom. The summed E-state index contributed by atoms with van der Waals surface area (Å²) in [6.45, 7) is 4.64. The van der Waals surface area contributed by atoms with E-state index in [9.17, 15) is 4.79 Å². The summed E-state index contributed by atoms with van der Waals surface area (Å²) in [6.07, 6.45) is 1.40. The molecule has 0 amide bonds. The molecule has 4 heteroatoms. The molecule has 0 saturated heterocycles. The molecule has 1 heterocycles. The summed E-state index contributed by atoms with van der Waals surface area (Å²) in [6, 6.07) is 1.78. The number of aromatic nitrogens is 1. The van der Waals surface area contributed by atoms with Gasteiger partial charge in [-0.25, -0.2) is 9.78 Å². The number of carboxylic acids is 1. The van der Waals surface area contributed by atoms with Gasteiger partial charge in [0.2, 0.25) is 0 Å². The Balaban J connectivity index is 3.06. The van der Waals surface area contributed by atoms with Crippen molar-refractivity contribution < 1.29 is 9.90 Å². The number of rotatable bonds is 3. The molecule has 76 valence electrons. The van der Waals surface area contributed by atoms with Gasteiger partial charge in [-0.3, -0.25) is 0 Å². The normalized spacial score (nSPS) is 9.93. The number of carbonyl (C=O) groups is 1. The number of anilines is 1. The van der Waals surface area contributed by atoms with E-state index in [-0.39, 0.29) is 5.56 Å². The van der Waals surface area contributed by atoms with Crippen LogP contribution in [-0.2, 0) is 0 Å². The van der Waals surface area contributed by atoms with Crippen LogP contribution in [0.1, 0.15) is 22.8 Å². The molecule has 14 heavy (non-hydrogen) atoms. The first-order valence-electron chi connectivity index (χ1n) is 4.47. The minimum absolute atomic E-state index is 0.262. The van der Waals surface area contributed by atoms with Crippen LogP contribution in [0, 0.1) is 6.92 Å². The van der Waals surface area contributed by atoms with Crippen molar-refractivity contribution in [3.63, 3.8) is 0 Å². The van der Waals surface area contributed by atoms with Gasteiger partial charge in [0.25, 0.3) is 0 Å². The van der Waals surface area contributed by atoms with Crippen molar-refractivity contribution in [3.8, 4) is 0 Å². The van der Waals surface area contributed by atoms with Crippen LogP contribution in [0.15, 0.2) is 12.3 Å². The highest BCUT2D eigenvalue weighted by molar-refractivity contribution is 5.89. The molecule has 0 aliphatic heterocycles. The van der Waals surface area contributed by atoms with Gasteiger partial charge in [-0.05, 0) is 25.5 Å². The number of aromatic carboxylic acids is 1. The molecule has 0 aromatic carbocycles.